The Bertz CT molecular complexity index is 389. The molecule has 2 rings (SSSR count). The number of hydrogen-bond donors (Lipinski definition) is 2. The molecule has 2 N–H and O–H groups in total. The minimum atomic E-state index is -1.34. The fourth-order valence-corrected chi connectivity index (χ4v) is 1.16. The van der Waals surface area contributed by atoms with Crippen LogP contribution in [-0.4, -0.2) is 17.2 Å². The molecule has 0 bridgehead atoms. The summed E-state index contributed by atoms with van der Waals surface area (Å²) >= 11 is 0. The minimum Gasteiger partial charge on any atom is -0.423 e. The van der Waals surface area contributed by atoms with E-state index < -0.39 is 7.12 Å². The fourth-order valence-electron chi connectivity index (χ4n) is 1.16. The van der Waals surface area contributed by atoms with Crippen LogP contribution >= 0.6 is 0 Å². The molecule has 0 spiro atoms. The van der Waals surface area contributed by atoms with Crippen molar-refractivity contribution in [1.82, 2.24) is 0 Å². The Labute approximate surface area is 151 Å². The van der Waals surface area contributed by atoms with Crippen LogP contribution in [0.2, 0.25) is 0 Å². The molecule has 0 aliphatic rings. The van der Waals surface area contributed by atoms with Gasteiger partial charge in [0.05, 0.1) is 0 Å². The maximum Gasteiger partial charge on any atom is 0.488 e. The first-order chi connectivity index (χ1) is 11.7. The number of hydrogen-bond acceptors (Lipinski definition) is 2. The van der Waals surface area contributed by atoms with Crippen LogP contribution in [0.15, 0.2) is 60.7 Å². The zero-order valence-electron chi connectivity index (χ0n) is 17.2. The van der Waals surface area contributed by atoms with E-state index in [-0.39, 0.29) is 0 Å². The Morgan fingerprint density at radius 1 is 0.542 bits per heavy atom. The highest BCUT2D eigenvalue weighted by atomic mass is 16.4. The van der Waals surface area contributed by atoms with Crippen LogP contribution in [0.1, 0.15) is 61.0 Å². The summed E-state index contributed by atoms with van der Waals surface area (Å²) in [4.78, 5) is 0. The third kappa shape index (κ3) is 22.7. The van der Waals surface area contributed by atoms with Gasteiger partial charge in [-0.15, -0.1) is 0 Å². The molecule has 2 nitrogen and oxygen atoms in total. The first-order valence-electron chi connectivity index (χ1n) is 9.13. The average Bonchev–Trinajstić information content (AvgIpc) is 2.70. The predicted molar refractivity (Wildman–Crippen MR) is 113 cm³/mol. The van der Waals surface area contributed by atoms with Gasteiger partial charge in [0.15, 0.2) is 0 Å². The third-order valence-corrected chi connectivity index (χ3v) is 2.04. The van der Waals surface area contributed by atoms with E-state index in [1.807, 2.05) is 79.7 Å². The SMILES string of the molecule is CC.CC.CC.CC.Cc1ccccc1.OB(O)c1ccccc1. The molecule has 0 saturated heterocycles. The largest absolute Gasteiger partial charge is 0.488 e. The number of benzene rings is 2. The Hall–Kier alpha value is -1.58. The van der Waals surface area contributed by atoms with E-state index in [2.05, 4.69) is 19.1 Å². The van der Waals surface area contributed by atoms with Crippen molar-refractivity contribution in [3.8, 4) is 0 Å². The zero-order chi connectivity index (χ0) is 19.8. The van der Waals surface area contributed by atoms with Gasteiger partial charge in [-0.2, -0.15) is 0 Å². The van der Waals surface area contributed by atoms with E-state index >= 15 is 0 Å². The van der Waals surface area contributed by atoms with Gasteiger partial charge in [0.25, 0.3) is 0 Å². The van der Waals surface area contributed by atoms with Crippen LogP contribution in [-0.2, 0) is 0 Å². The molecule has 0 aliphatic carbocycles. The average molecular weight is 334 g/mol. The Morgan fingerprint density at radius 2 is 0.833 bits per heavy atom. The van der Waals surface area contributed by atoms with Crippen LogP contribution in [0.5, 0.6) is 0 Å². The summed E-state index contributed by atoms with van der Waals surface area (Å²) in [6, 6.07) is 18.9. The molecular formula is C21H39BO2. The van der Waals surface area contributed by atoms with Crippen molar-refractivity contribution in [3.63, 3.8) is 0 Å². The number of aryl methyl sites for hydroxylation is 1. The topological polar surface area (TPSA) is 40.5 Å². The Kier molecular flexibility index (Phi) is 37.2. The standard InChI is InChI=1S/C7H8.C6H7BO2.4C2H6/c1-7-5-3-2-4-6-7;8-7(9)6-4-2-1-3-5-6;4*1-2/h2-6H,1H3;1-5,8-9H;4*1-2H3. The molecular weight excluding hydrogens is 295 g/mol. The summed E-state index contributed by atoms with van der Waals surface area (Å²) in [5, 5.41) is 17.2. The first-order valence-corrected chi connectivity index (χ1v) is 9.13. The molecule has 0 unspecified atom stereocenters. The van der Waals surface area contributed by atoms with Crippen LogP contribution in [0.25, 0.3) is 0 Å². The zero-order valence-corrected chi connectivity index (χ0v) is 17.2. The molecule has 3 heteroatoms. The van der Waals surface area contributed by atoms with E-state index in [1.165, 1.54) is 5.56 Å². The summed E-state index contributed by atoms with van der Waals surface area (Å²) in [6.45, 7) is 18.1. The normalized spacial score (nSPS) is 6.96. The quantitative estimate of drug-likeness (QED) is 0.679. The molecule has 0 saturated carbocycles. The molecule has 2 aromatic carbocycles. The van der Waals surface area contributed by atoms with Gasteiger partial charge in [0.2, 0.25) is 0 Å². The highest BCUT2D eigenvalue weighted by Crippen LogP contribution is 1.92. The molecule has 0 amide bonds. The molecule has 138 valence electrons. The van der Waals surface area contributed by atoms with Crippen molar-refractivity contribution in [2.75, 3.05) is 0 Å². The monoisotopic (exact) mass is 334 g/mol. The van der Waals surface area contributed by atoms with Gasteiger partial charge < -0.3 is 10.0 Å². The van der Waals surface area contributed by atoms with Gasteiger partial charge in [-0.3, -0.25) is 0 Å². The molecule has 24 heavy (non-hydrogen) atoms. The van der Waals surface area contributed by atoms with Crippen LogP contribution in [0.4, 0.5) is 0 Å². The maximum atomic E-state index is 8.58. The van der Waals surface area contributed by atoms with Crippen molar-refractivity contribution in [3.05, 3.63) is 66.2 Å². The van der Waals surface area contributed by atoms with Crippen molar-refractivity contribution in [1.29, 1.82) is 0 Å². The van der Waals surface area contributed by atoms with Crippen LogP contribution < -0.4 is 5.46 Å². The second-order valence-corrected chi connectivity index (χ2v) is 3.44. The summed E-state index contributed by atoms with van der Waals surface area (Å²) < 4.78 is 0. The smallest absolute Gasteiger partial charge is 0.423 e. The molecule has 0 heterocycles. The summed E-state index contributed by atoms with van der Waals surface area (Å²) in [5.74, 6) is 0. The fraction of sp³-hybridized carbons (Fsp3) is 0.429. The van der Waals surface area contributed by atoms with Crippen LogP contribution in [0, 0.1) is 6.92 Å². The van der Waals surface area contributed by atoms with Gasteiger partial charge in [-0.05, 0) is 12.4 Å². The molecule has 0 atom stereocenters. The Morgan fingerprint density at radius 3 is 1.00 bits per heavy atom. The molecule has 0 aliphatic heterocycles. The van der Waals surface area contributed by atoms with Gasteiger partial charge in [-0.1, -0.05) is 122 Å². The van der Waals surface area contributed by atoms with Gasteiger partial charge in [0.1, 0.15) is 0 Å². The van der Waals surface area contributed by atoms with Gasteiger partial charge in [0, 0.05) is 0 Å². The predicted octanol–water partition coefficient (Wildman–Crippen LogP) is 5.47. The lowest BCUT2D eigenvalue weighted by molar-refractivity contribution is 0.426. The molecule has 0 aromatic heterocycles. The lowest BCUT2D eigenvalue weighted by Gasteiger charge is -1.94. The second kappa shape index (κ2) is 29.4. The summed E-state index contributed by atoms with van der Waals surface area (Å²) in [6.07, 6.45) is 0. The highest BCUT2D eigenvalue weighted by molar-refractivity contribution is 6.58. The molecule has 0 fully saturated rings. The lowest BCUT2D eigenvalue weighted by Crippen LogP contribution is -2.29. The van der Waals surface area contributed by atoms with Crippen LogP contribution in [0.3, 0.4) is 0 Å². The molecule has 2 aromatic rings. The van der Waals surface area contributed by atoms with Crippen molar-refractivity contribution in [2.45, 2.75) is 62.3 Å². The van der Waals surface area contributed by atoms with Crippen molar-refractivity contribution < 1.29 is 10.0 Å². The van der Waals surface area contributed by atoms with E-state index in [1.54, 1.807) is 24.3 Å². The molecule has 0 radical (unpaired) electrons. The van der Waals surface area contributed by atoms with E-state index in [0.717, 1.165) is 0 Å². The second-order valence-electron chi connectivity index (χ2n) is 3.44. The van der Waals surface area contributed by atoms with E-state index in [4.69, 9.17) is 10.0 Å². The third-order valence-electron chi connectivity index (χ3n) is 2.04. The van der Waals surface area contributed by atoms with Gasteiger partial charge >= 0.3 is 7.12 Å². The summed E-state index contributed by atoms with van der Waals surface area (Å²) in [5.41, 5.74) is 1.85. The minimum absolute atomic E-state index is 0.525. The van der Waals surface area contributed by atoms with Gasteiger partial charge in [-0.25, -0.2) is 0 Å². The van der Waals surface area contributed by atoms with E-state index in [9.17, 15) is 0 Å². The van der Waals surface area contributed by atoms with Crippen molar-refractivity contribution >= 4 is 12.6 Å². The maximum absolute atomic E-state index is 8.58. The van der Waals surface area contributed by atoms with E-state index in [0.29, 0.717) is 5.46 Å². The highest BCUT2D eigenvalue weighted by Gasteiger charge is 2.07. The number of rotatable bonds is 1. The Balaban J connectivity index is -0.000000119. The van der Waals surface area contributed by atoms with Crippen molar-refractivity contribution in [2.24, 2.45) is 0 Å². The first kappa shape index (κ1) is 30.3. The lowest BCUT2D eigenvalue weighted by atomic mass is 9.81. The summed E-state index contributed by atoms with van der Waals surface area (Å²) in [7, 11) is -1.34.